The Morgan fingerprint density at radius 1 is 1.17 bits per heavy atom. The molecule has 0 bridgehead atoms. The number of carbonyl (C=O) groups excluding carboxylic acids is 1. The Balaban J connectivity index is 1.32. The molecule has 2 aliphatic heterocycles. The third-order valence-electron chi connectivity index (χ3n) is 5.12. The summed E-state index contributed by atoms with van der Waals surface area (Å²) in [5, 5.41) is 3.16. The monoisotopic (exact) mass is 322 g/mol. The first kappa shape index (κ1) is 16.8. The number of ether oxygens (including phenoxy) is 2. The number of amides is 2. The molecule has 0 aromatic rings. The summed E-state index contributed by atoms with van der Waals surface area (Å²) in [5.74, 6) is 0. The first-order chi connectivity index (χ1) is 11.3. The summed E-state index contributed by atoms with van der Waals surface area (Å²) < 4.78 is 11.7. The minimum absolute atomic E-state index is 0.0966. The predicted octanol–water partition coefficient (Wildman–Crippen LogP) is 2.85. The van der Waals surface area contributed by atoms with Gasteiger partial charge in [-0.1, -0.05) is 12.2 Å². The number of nitrogens with zero attached hydrogens (tertiary/aromatic N) is 1. The summed E-state index contributed by atoms with van der Waals surface area (Å²) in [7, 11) is 0. The molecule has 0 saturated carbocycles. The number of hydrogen-bond acceptors (Lipinski definition) is 3. The number of piperidine rings is 1. The smallest absolute Gasteiger partial charge is 0.317 e. The molecule has 0 aromatic heterocycles. The fourth-order valence-corrected chi connectivity index (χ4v) is 3.60. The van der Waals surface area contributed by atoms with Crippen molar-refractivity contribution in [2.45, 2.75) is 69.6 Å². The lowest BCUT2D eigenvalue weighted by Gasteiger charge is -2.34. The van der Waals surface area contributed by atoms with Crippen LogP contribution in [-0.2, 0) is 9.47 Å². The summed E-state index contributed by atoms with van der Waals surface area (Å²) in [4.78, 5) is 14.2. The molecule has 5 heteroatoms. The van der Waals surface area contributed by atoms with E-state index in [2.05, 4.69) is 17.5 Å². The Morgan fingerprint density at radius 2 is 2.04 bits per heavy atom. The maximum Gasteiger partial charge on any atom is 0.317 e. The highest BCUT2D eigenvalue weighted by molar-refractivity contribution is 5.74. The first-order valence-corrected chi connectivity index (χ1v) is 9.25. The van der Waals surface area contributed by atoms with Crippen LogP contribution in [0.4, 0.5) is 4.79 Å². The molecule has 130 valence electrons. The number of nitrogens with one attached hydrogen (secondary N) is 1. The predicted molar refractivity (Wildman–Crippen MR) is 89.4 cm³/mol. The van der Waals surface area contributed by atoms with Gasteiger partial charge >= 0.3 is 6.03 Å². The SMILES string of the molecule is O=C(NC1CC=CCC1)N1CCC(OCC2CCCCO2)CC1. The highest BCUT2D eigenvalue weighted by Crippen LogP contribution is 2.18. The summed E-state index contributed by atoms with van der Waals surface area (Å²) in [5.41, 5.74) is 0. The Kier molecular flexibility index (Phi) is 6.34. The van der Waals surface area contributed by atoms with Crippen molar-refractivity contribution in [2.24, 2.45) is 0 Å². The molecule has 2 amide bonds. The van der Waals surface area contributed by atoms with Gasteiger partial charge in [-0.2, -0.15) is 0 Å². The average Bonchev–Trinajstić information content (AvgIpc) is 2.62. The van der Waals surface area contributed by atoms with E-state index in [-0.39, 0.29) is 18.2 Å². The molecule has 2 saturated heterocycles. The van der Waals surface area contributed by atoms with Crippen molar-refractivity contribution < 1.29 is 14.3 Å². The number of rotatable bonds is 4. The topological polar surface area (TPSA) is 50.8 Å². The van der Waals surface area contributed by atoms with Crippen molar-refractivity contribution in [3.8, 4) is 0 Å². The second-order valence-electron chi connectivity index (χ2n) is 6.94. The zero-order valence-electron chi connectivity index (χ0n) is 14.0. The quantitative estimate of drug-likeness (QED) is 0.810. The van der Waals surface area contributed by atoms with E-state index in [9.17, 15) is 4.79 Å². The van der Waals surface area contributed by atoms with Gasteiger partial charge in [0.1, 0.15) is 0 Å². The third kappa shape index (κ3) is 5.21. The Labute approximate surface area is 139 Å². The lowest BCUT2D eigenvalue weighted by atomic mass is 10.0. The van der Waals surface area contributed by atoms with Crippen LogP contribution in [-0.4, -0.2) is 55.5 Å². The average molecular weight is 322 g/mol. The standard InChI is InChI=1S/C18H30N2O3/c21-18(19-15-6-2-1-3-7-15)20-11-9-16(10-12-20)23-14-17-8-4-5-13-22-17/h1-2,15-17H,3-14H2,(H,19,21). The Bertz CT molecular complexity index is 399. The van der Waals surface area contributed by atoms with E-state index in [4.69, 9.17) is 9.47 Å². The van der Waals surface area contributed by atoms with Crippen LogP contribution in [0.25, 0.3) is 0 Å². The number of likely N-dealkylation sites (tertiary alicyclic amines) is 1. The molecule has 2 atom stereocenters. The molecule has 3 rings (SSSR count). The molecule has 23 heavy (non-hydrogen) atoms. The van der Waals surface area contributed by atoms with Gasteiger partial charge in [-0.05, 0) is 51.4 Å². The van der Waals surface area contributed by atoms with E-state index < -0.39 is 0 Å². The first-order valence-electron chi connectivity index (χ1n) is 9.25. The lowest BCUT2D eigenvalue weighted by molar-refractivity contribution is -0.0728. The van der Waals surface area contributed by atoms with Gasteiger partial charge in [0.2, 0.25) is 0 Å². The van der Waals surface area contributed by atoms with Gasteiger partial charge < -0.3 is 19.7 Å². The zero-order chi connectivity index (χ0) is 15.9. The van der Waals surface area contributed by atoms with E-state index in [0.29, 0.717) is 12.6 Å². The van der Waals surface area contributed by atoms with Gasteiger partial charge in [0.25, 0.3) is 0 Å². The Hall–Kier alpha value is -1.07. The molecule has 1 aliphatic carbocycles. The molecule has 0 radical (unpaired) electrons. The Morgan fingerprint density at radius 3 is 2.74 bits per heavy atom. The van der Waals surface area contributed by atoms with E-state index in [1.165, 1.54) is 12.8 Å². The van der Waals surface area contributed by atoms with E-state index >= 15 is 0 Å². The van der Waals surface area contributed by atoms with Crippen LogP contribution in [0.1, 0.15) is 51.4 Å². The largest absolute Gasteiger partial charge is 0.376 e. The van der Waals surface area contributed by atoms with Crippen LogP contribution in [0.15, 0.2) is 12.2 Å². The maximum atomic E-state index is 12.3. The van der Waals surface area contributed by atoms with Crippen molar-refractivity contribution in [2.75, 3.05) is 26.3 Å². The number of carbonyl (C=O) groups is 1. The summed E-state index contributed by atoms with van der Waals surface area (Å²) >= 11 is 0. The number of urea groups is 1. The van der Waals surface area contributed by atoms with Crippen molar-refractivity contribution in [1.82, 2.24) is 10.2 Å². The summed E-state index contributed by atoms with van der Waals surface area (Å²) in [6.45, 7) is 3.18. The molecule has 1 N–H and O–H groups in total. The fourth-order valence-electron chi connectivity index (χ4n) is 3.60. The normalized spacial score (nSPS) is 29.5. The van der Waals surface area contributed by atoms with E-state index in [0.717, 1.165) is 58.2 Å². The number of hydrogen-bond donors (Lipinski definition) is 1. The molecular weight excluding hydrogens is 292 g/mol. The van der Waals surface area contributed by atoms with Gasteiger partial charge in [0.15, 0.2) is 0 Å². The van der Waals surface area contributed by atoms with Crippen LogP contribution in [0.2, 0.25) is 0 Å². The third-order valence-corrected chi connectivity index (χ3v) is 5.12. The summed E-state index contributed by atoms with van der Waals surface area (Å²) in [6.07, 6.45) is 13.5. The molecule has 3 aliphatic rings. The molecule has 2 unspecified atom stereocenters. The summed E-state index contributed by atoms with van der Waals surface area (Å²) in [6, 6.07) is 0.407. The second-order valence-corrected chi connectivity index (χ2v) is 6.94. The van der Waals surface area contributed by atoms with Gasteiger partial charge in [-0.25, -0.2) is 4.79 Å². The van der Waals surface area contributed by atoms with Crippen LogP contribution in [0.3, 0.4) is 0 Å². The molecule has 0 aromatic carbocycles. The minimum atomic E-state index is 0.0966. The second kappa shape index (κ2) is 8.69. The maximum absolute atomic E-state index is 12.3. The highest BCUT2D eigenvalue weighted by atomic mass is 16.5. The lowest BCUT2D eigenvalue weighted by Crippen LogP contribution is -2.49. The van der Waals surface area contributed by atoms with Gasteiger partial charge in [-0.15, -0.1) is 0 Å². The van der Waals surface area contributed by atoms with Crippen molar-refractivity contribution in [3.63, 3.8) is 0 Å². The van der Waals surface area contributed by atoms with Crippen molar-refractivity contribution >= 4 is 6.03 Å². The minimum Gasteiger partial charge on any atom is -0.376 e. The molecule has 2 heterocycles. The number of allylic oxidation sites excluding steroid dienone is 1. The zero-order valence-corrected chi connectivity index (χ0v) is 14.0. The van der Waals surface area contributed by atoms with Crippen molar-refractivity contribution in [1.29, 1.82) is 0 Å². The van der Waals surface area contributed by atoms with Crippen LogP contribution in [0, 0.1) is 0 Å². The van der Waals surface area contributed by atoms with E-state index in [1.54, 1.807) is 0 Å². The molecule has 2 fully saturated rings. The van der Waals surface area contributed by atoms with Crippen molar-refractivity contribution in [3.05, 3.63) is 12.2 Å². The van der Waals surface area contributed by atoms with Gasteiger partial charge in [-0.3, -0.25) is 0 Å². The van der Waals surface area contributed by atoms with Crippen LogP contribution < -0.4 is 5.32 Å². The fraction of sp³-hybridized carbons (Fsp3) is 0.833. The molecular formula is C18H30N2O3. The van der Waals surface area contributed by atoms with Crippen LogP contribution in [0.5, 0.6) is 0 Å². The molecule has 5 nitrogen and oxygen atoms in total. The van der Waals surface area contributed by atoms with Gasteiger partial charge in [0.05, 0.1) is 18.8 Å². The highest BCUT2D eigenvalue weighted by Gasteiger charge is 2.25. The van der Waals surface area contributed by atoms with Crippen LogP contribution >= 0.6 is 0 Å². The van der Waals surface area contributed by atoms with E-state index in [1.807, 2.05) is 4.90 Å². The van der Waals surface area contributed by atoms with Gasteiger partial charge in [0, 0.05) is 25.7 Å². The molecule has 0 spiro atoms.